The molecule has 0 saturated heterocycles. The minimum absolute atomic E-state index is 0.203. The lowest BCUT2D eigenvalue weighted by atomic mass is 9.85. The van der Waals surface area contributed by atoms with Crippen molar-refractivity contribution in [3.05, 3.63) is 35.0 Å². The number of aliphatic hydroxyl groups excluding tert-OH is 1. The molecule has 1 fully saturated rings. The van der Waals surface area contributed by atoms with Crippen LogP contribution in [0.25, 0.3) is 10.9 Å². The number of aliphatic hydroxyl groups is 1. The molecule has 0 radical (unpaired) electrons. The maximum atomic E-state index is 10.9. The summed E-state index contributed by atoms with van der Waals surface area (Å²) in [6, 6.07) is 6.80. The van der Waals surface area contributed by atoms with Gasteiger partial charge in [0.1, 0.15) is 0 Å². The first-order valence-corrected chi connectivity index (χ1v) is 9.60. The molecular formula is C21H30N2O. The largest absolute Gasteiger partial charge is 0.391 e. The van der Waals surface area contributed by atoms with Crippen molar-refractivity contribution < 1.29 is 5.11 Å². The highest BCUT2D eigenvalue weighted by Gasteiger charge is 2.26. The lowest BCUT2D eigenvalue weighted by Crippen LogP contribution is -2.31. The number of benzene rings is 1. The molecule has 2 aliphatic rings. The number of aromatic nitrogens is 1. The molecule has 130 valence electrons. The highest BCUT2D eigenvalue weighted by atomic mass is 16.3. The fourth-order valence-corrected chi connectivity index (χ4v) is 4.76. The number of rotatable bonds is 3. The van der Waals surface area contributed by atoms with Crippen molar-refractivity contribution in [2.24, 2.45) is 5.92 Å². The molecule has 1 unspecified atom stereocenters. The first kappa shape index (κ1) is 16.2. The van der Waals surface area contributed by atoms with Gasteiger partial charge in [-0.1, -0.05) is 30.9 Å². The van der Waals surface area contributed by atoms with Crippen LogP contribution in [0, 0.1) is 12.8 Å². The molecule has 24 heavy (non-hydrogen) atoms. The van der Waals surface area contributed by atoms with Crippen molar-refractivity contribution in [2.75, 3.05) is 13.6 Å². The molecule has 3 nitrogen and oxygen atoms in total. The van der Waals surface area contributed by atoms with E-state index in [2.05, 4.69) is 41.6 Å². The molecule has 4 rings (SSSR count). The van der Waals surface area contributed by atoms with Crippen LogP contribution >= 0.6 is 0 Å². The second-order valence-electron chi connectivity index (χ2n) is 8.01. The first-order chi connectivity index (χ1) is 11.6. The molecule has 0 spiro atoms. The maximum absolute atomic E-state index is 10.9. The van der Waals surface area contributed by atoms with Crippen LogP contribution in [-0.4, -0.2) is 34.3 Å². The molecule has 1 aliphatic carbocycles. The zero-order valence-corrected chi connectivity index (χ0v) is 15.1. The molecular weight excluding hydrogens is 296 g/mol. The Kier molecular flexibility index (Phi) is 4.40. The summed E-state index contributed by atoms with van der Waals surface area (Å²) < 4.78 is 2.44. The SMILES string of the molecule is Cc1ccc2c(c1)c1c(n2CC(O)C2CCCCC2)CCN(C)C1. The standard InChI is InChI=1S/C21H30N2O/c1-15-8-9-19-17(12-15)18-13-22(2)11-10-20(18)23(19)14-21(24)16-6-4-3-5-7-16/h8-9,12,16,21,24H,3-7,10-11,13-14H2,1-2H3. The molecule has 1 N–H and O–H groups in total. The van der Waals surface area contributed by atoms with E-state index in [4.69, 9.17) is 0 Å². The van der Waals surface area contributed by atoms with Gasteiger partial charge in [-0.2, -0.15) is 0 Å². The molecule has 1 aromatic carbocycles. The van der Waals surface area contributed by atoms with Gasteiger partial charge in [0.2, 0.25) is 0 Å². The van der Waals surface area contributed by atoms with E-state index in [-0.39, 0.29) is 6.10 Å². The van der Waals surface area contributed by atoms with Crippen LogP contribution in [0.1, 0.15) is 48.9 Å². The Morgan fingerprint density at radius 1 is 1.21 bits per heavy atom. The van der Waals surface area contributed by atoms with Crippen LogP contribution in [0.5, 0.6) is 0 Å². The highest BCUT2D eigenvalue weighted by Crippen LogP contribution is 2.33. The normalized spacial score (nSPS) is 21.1. The lowest BCUT2D eigenvalue weighted by Gasteiger charge is -2.29. The Bertz CT molecular complexity index is 727. The minimum atomic E-state index is -0.203. The van der Waals surface area contributed by atoms with Crippen LogP contribution in [0.2, 0.25) is 0 Å². The second-order valence-corrected chi connectivity index (χ2v) is 8.01. The third-order valence-corrected chi connectivity index (χ3v) is 6.16. The van der Waals surface area contributed by atoms with Gasteiger partial charge < -0.3 is 14.6 Å². The summed E-state index contributed by atoms with van der Waals surface area (Å²) in [5, 5.41) is 12.3. The monoisotopic (exact) mass is 326 g/mol. The van der Waals surface area contributed by atoms with Crippen molar-refractivity contribution in [1.29, 1.82) is 0 Å². The van der Waals surface area contributed by atoms with Crippen LogP contribution in [0.3, 0.4) is 0 Å². The Balaban J connectivity index is 1.71. The molecule has 1 saturated carbocycles. The van der Waals surface area contributed by atoms with Crippen LogP contribution in [0.15, 0.2) is 18.2 Å². The van der Waals surface area contributed by atoms with Gasteiger partial charge in [-0.3, -0.25) is 0 Å². The van der Waals surface area contributed by atoms with Gasteiger partial charge in [-0.15, -0.1) is 0 Å². The van der Waals surface area contributed by atoms with Gasteiger partial charge in [-0.05, 0) is 50.4 Å². The number of nitrogens with zero attached hydrogens (tertiary/aromatic N) is 2. The van der Waals surface area contributed by atoms with E-state index in [0.717, 1.165) is 26.1 Å². The van der Waals surface area contributed by atoms with Gasteiger partial charge in [0.25, 0.3) is 0 Å². The zero-order chi connectivity index (χ0) is 16.7. The van der Waals surface area contributed by atoms with E-state index in [1.807, 2.05) is 0 Å². The van der Waals surface area contributed by atoms with E-state index in [1.54, 1.807) is 0 Å². The predicted molar refractivity (Wildman–Crippen MR) is 99.3 cm³/mol. The van der Waals surface area contributed by atoms with Gasteiger partial charge in [-0.25, -0.2) is 0 Å². The van der Waals surface area contributed by atoms with Crippen molar-refractivity contribution in [2.45, 2.75) is 64.6 Å². The molecule has 0 amide bonds. The van der Waals surface area contributed by atoms with Crippen LogP contribution in [0.4, 0.5) is 0 Å². The minimum Gasteiger partial charge on any atom is -0.391 e. The molecule has 0 bridgehead atoms. The third kappa shape index (κ3) is 2.89. The molecule has 1 aromatic heterocycles. The predicted octanol–water partition coefficient (Wildman–Crippen LogP) is 3.88. The number of hydrogen-bond donors (Lipinski definition) is 1. The maximum Gasteiger partial charge on any atom is 0.0747 e. The van der Waals surface area contributed by atoms with Crippen molar-refractivity contribution in [1.82, 2.24) is 9.47 Å². The van der Waals surface area contributed by atoms with Crippen LogP contribution < -0.4 is 0 Å². The molecule has 1 atom stereocenters. The summed E-state index contributed by atoms with van der Waals surface area (Å²) in [6.45, 7) is 5.08. The summed E-state index contributed by atoms with van der Waals surface area (Å²) in [5.74, 6) is 0.489. The van der Waals surface area contributed by atoms with E-state index < -0.39 is 0 Å². The average Bonchev–Trinajstić information content (AvgIpc) is 2.88. The fraction of sp³-hybridized carbons (Fsp3) is 0.619. The summed E-state index contributed by atoms with van der Waals surface area (Å²) in [5.41, 5.74) is 5.58. The number of likely N-dealkylation sites (N-methyl/N-ethyl adjacent to an activating group) is 1. The number of fused-ring (bicyclic) bond motifs is 3. The summed E-state index contributed by atoms with van der Waals surface area (Å²) in [7, 11) is 2.21. The van der Waals surface area contributed by atoms with E-state index >= 15 is 0 Å². The van der Waals surface area contributed by atoms with E-state index in [9.17, 15) is 5.11 Å². The van der Waals surface area contributed by atoms with Crippen LogP contribution in [-0.2, 0) is 19.5 Å². The topological polar surface area (TPSA) is 28.4 Å². The number of aryl methyl sites for hydroxylation is 1. The Hall–Kier alpha value is -1.32. The summed E-state index contributed by atoms with van der Waals surface area (Å²) in [6.07, 6.45) is 7.21. The van der Waals surface area contributed by atoms with Crippen molar-refractivity contribution in [3.63, 3.8) is 0 Å². The van der Waals surface area contributed by atoms with Gasteiger partial charge in [0, 0.05) is 42.7 Å². The average molecular weight is 326 g/mol. The van der Waals surface area contributed by atoms with E-state index in [0.29, 0.717) is 5.92 Å². The Morgan fingerprint density at radius 3 is 2.79 bits per heavy atom. The number of hydrogen-bond acceptors (Lipinski definition) is 2. The summed E-state index contributed by atoms with van der Waals surface area (Å²) >= 11 is 0. The second kappa shape index (κ2) is 6.53. The molecule has 3 heteroatoms. The van der Waals surface area contributed by atoms with Gasteiger partial charge in [0.15, 0.2) is 0 Å². The lowest BCUT2D eigenvalue weighted by molar-refractivity contribution is 0.0697. The summed E-state index contributed by atoms with van der Waals surface area (Å²) in [4.78, 5) is 2.41. The van der Waals surface area contributed by atoms with E-state index in [1.165, 1.54) is 59.8 Å². The smallest absolute Gasteiger partial charge is 0.0747 e. The van der Waals surface area contributed by atoms with Gasteiger partial charge in [0.05, 0.1) is 6.10 Å². The molecule has 1 aliphatic heterocycles. The Morgan fingerprint density at radius 2 is 2.00 bits per heavy atom. The molecule has 2 heterocycles. The highest BCUT2D eigenvalue weighted by molar-refractivity contribution is 5.86. The van der Waals surface area contributed by atoms with Gasteiger partial charge >= 0.3 is 0 Å². The van der Waals surface area contributed by atoms with Crippen molar-refractivity contribution >= 4 is 10.9 Å². The zero-order valence-electron chi connectivity index (χ0n) is 15.1. The Labute approximate surface area is 145 Å². The fourth-order valence-electron chi connectivity index (χ4n) is 4.76. The third-order valence-electron chi connectivity index (χ3n) is 6.16. The van der Waals surface area contributed by atoms with Crippen molar-refractivity contribution in [3.8, 4) is 0 Å². The molecule has 2 aromatic rings. The first-order valence-electron chi connectivity index (χ1n) is 9.60. The quantitative estimate of drug-likeness (QED) is 0.927.